The quantitative estimate of drug-likeness (QED) is 0.605. The minimum absolute atomic E-state index is 0. The Morgan fingerprint density at radius 1 is 1.35 bits per heavy atom. The van der Waals surface area contributed by atoms with Crippen molar-refractivity contribution in [2.24, 2.45) is 5.41 Å². The van der Waals surface area contributed by atoms with Crippen LogP contribution in [0.5, 0.6) is 0 Å². The van der Waals surface area contributed by atoms with E-state index in [1.54, 1.807) is 16.7 Å². The van der Waals surface area contributed by atoms with Crippen LogP contribution < -0.4 is 0 Å². The van der Waals surface area contributed by atoms with Gasteiger partial charge in [0, 0.05) is 31.5 Å². The average molecular weight is 449 g/mol. The zero-order valence-electron chi connectivity index (χ0n) is 9.77. The first-order valence-corrected chi connectivity index (χ1v) is 6.79. The summed E-state index contributed by atoms with van der Waals surface area (Å²) in [5.74, 6) is 0. The predicted molar refractivity (Wildman–Crippen MR) is 67.6 cm³/mol. The van der Waals surface area contributed by atoms with Crippen LogP contribution in [0.25, 0.3) is 9.88 Å². The van der Waals surface area contributed by atoms with Crippen LogP contribution in [0.4, 0.5) is 4.39 Å². The van der Waals surface area contributed by atoms with Crippen molar-refractivity contribution in [2.45, 2.75) is 26.9 Å². The van der Waals surface area contributed by atoms with E-state index in [1.165, 1.54) is 11.3 Å². The number of thiazole rings is 1. The molecule has 0 saturated carbocycles. The summed E-state index contributed by atoms with van der Waals surface area (Å²) >= 11 is 3.06. The van der Waals surface area contributed by atoms with Gasteiger partial charge in [0.1, 0.15) is 6.17 Å². The van der Waals surface area contributed by atoms with Crippen LogP contribution >= 0.6 is 22.7 Å². The molecule has 0 aliphatic carbocycles. The number of thiophene rings is 1. The van der Waals surface area contributed by atoms with Crippen molar-refractivity contribution in [3.05, 3.63) is 28.6 Å². The number of alkyl halides is 1. The van der Waals surface area contributed by atoms with Gasteiger partial charge in [0.15, 0.2) is 0 Å². The Morgan fingerprint density at radius 2 is 2.06 bits per heavy atom. The molecule has 0 spiro atoms. The Bertz CT molecular complexity index is 459. The molecule has 17 heavy (non-hydrogen) atoms. The molecule has 0 fully saturated rings. The van der Waals surface area contributed by atoms with E-state index >= 15 is 0 Å². The number of aromatic nitrogens is 1. The van der Waals surface area contributed by atoms with Crippen molar-refractivity contribution >= 4 is 22.7 Å². The maximum absolute atomic E-state index is 14.0. The van der Waals surface area contributed by atoms with Crippen LogP contribution in [0.2, 0.25) is 0 Å². The summed E-state index contributed by atoms with van der Waals surface area (Å²) in [6, 6.07) is 4.95. The molecule has 0 aliphatic rings. The van der Waals surface area contributed by atoms with E-state index in [9.17, 15) is 4.39 Å². The number of nitrogens with zero attached hydrogens (tertiary/aromatic N) is 1. The Kier molecular flexibility index (Phi) is 5.05. The fourth-order valence-electron chi connectivity index (χ4n) is 1.31. The second kappa shape index (κ2) is 5.73. The van der Waals surface area contributed by atoms with E-state index < -0.39 is 11.6 Å². The SMILES string of the molecule is CC(C)(C)C(F)c1csc(-c2[c-]ccs2)n1.[Pt]. The molecule has 0 radical (unpaired) electrons. The fourth-order valence-corrected chi connectivity index (χ4v) is 2.88. The third-order valence-electron chi connectivity index (χ3n) is 2.20. The molecule has 96 valence electrons. The van der Waals surface area contributed by atoms with Gasteiger partial charge in [-0.05, 0) is 5.41 Å². The van der Waals surface area contributed by atoms with Gasteiger partial charge in [-0.1, -0.05) is 25.6 Å². The topological polar surface area (TPSA) is 12.9 Å². The molecular formula is C12H13FNPtS2-. The molecule has 5 heteroatoms. The van der Waals surface area contributed by atoms with E-state index in [4.69, 9.17) is 0 Å². The largest absolute Gasteiger partial charge is 0.301 e. The van der Waals surface area contributed by atoms with Gasteiger partial charge in [-0.25, -0.2) is 15.7 Å². The maximum Gasteiger partial charge on any atom is 0.146 e. The van der Waals surface area contributed by atoms with Crippen LogP contribution in [-0.4, -0.2) is 4.98 Å². The first kappa shape index (κ1) is 15.0. The summed E-state index contributed by atoms with van der Waals surface area (Å²) in [4.78, 5) is 5.33. The van der Waals surface area contributed by atoms with Crippen molar-refractivity contribution in [2.75, 3.05) is 0 Å². The summed E-state index contributed by atoms with van der Waals surface area (Å²) in [6.45, 7) is 5.65. The van der Waals surface area contributed by atoms with Crippen molar-refractivity contribution in [3.8, 4) is 9.88 Å². The molecule has 2 aromatic heterocycles. The molecule has 2 aromatic rings. The summed E-state index contributed by atoms with van der Waals surface area (Å²) in [5.41, 5.74) is 0.138. The molecule has 2 heterocycles. The summed E-state index contributed by atoms with van der Waals surface area (Å²) in [7, 11) is 0. The normalized spacial score (nSPS) is 13.2. The average Bonchev–Trinajstić information content (AvgIpc) is 2.85. The Morgan fingerprint density at radius 3 is 2.59 bits per heavy atom. The van der Waals surface area contributed by atoms with Crippen molar-refractivity contribution in [1.82, 2.24) is 4.98 Å². The van der Waals surface area contributed by atoms with Crippen molar-refractivity contribution in [3.63, 3.8) is 0 Å². The number of hydrogen-bond acceptors (Lipinski definition) is 3. The second-order valence-corrected chi connectivity index (χ2v) is 6.47. The molecule has 0 amide bonds. The molecule has 2 rings (SSSR count). The van der Waals surface area contributed by atoms with Gasteiger partial charge in [0.25, 0.3) is 0 Å². The zero-order chi connectivity index (χ0) is 11.8. The van der Waals surface area contributed by atoms with Crippen molar-refractivity contribution in [1.29, 1.82) is 0 Å². The molecule has 1 unspecified atom stereocenters. The number of halogens is 1. The molecule has 0 saturated heterocycles. The fraction of sp³-hybridized carbons (Fsp3) is 0.417. The smallest absolute Gasteiger partial charge is 0.146 e. The molecular weight excluding hydrogens is 436 g/mol. The summed E-state index contributed by atoms with van der Waals surface area (Å²) in [6.07, 6.45) is -1.02. The maximum atomic E-state index is 14.0. The van der Waals surface area contributed by atoms with Gasteiger partial charge in [-0.3, -0.25) is 0 Å². The van der Waals surface area contributed by atoms with Crippen LogP contribution in [-0.2, 0) is 21.1 Å². The third-order valence-corrected chi connectivity index (χ3v) is 4.03. The molecule has 0 aromatic carbocycles. The Hall–Kier alpha value is -0.0517. The van der Waals surface area contributed by atoms with E-state index in [-0.39, 0.29) is 21.1 Å². The van der Waals surface area contributed by atoms with Gasteiger partial charge in [-0.2, -0.15) is 23.5 Å². The van der Waals surface area contributed by atoms with Crippen LogP contribution in [0, 0.1) is 11.5 Å². The van der Waals surface area contributed by atoms with E-state index in [0.717, 1.165) is 9.88 Å². The van der Waals surface area contributed by atoms with Gasteiger partial charge in [0.05, 0.1) is 5.69 Å². The summed E-state index contributed by atoms with van der Waals surface area (Å²) in [5, 5.41) is 4.61. The molecule has 0 bridgehead atoms. The van der Waals surface area contributed by atoms with E-state index in [2.05, 4.69) is 11.1 Å². The van der Waals surface area contributed by atoms with E-state index in [0.29, 0.717) is 5.69 Å². The van der Waals surface area contributed by atoms with Gasteiger partial charge >= 0.3 is 0 Å². The monoisotopic (exact) mass is 449 g/mol. The predicted octanol–water partition coefficient (Wildman–Crippen LogP) is 4.73. The summed E-state index contributed by atoms with van der Waals surface area (Å²) < 4.78 is 14.0. The third kappa shape index (κ3) is 3.46. The first-order valence-electron chi connectivity index (χ1n) is 5.03. The van der Waals surface area contributed by atoms with Gasteiger partial charge in [-0.15, -0.1) is 5.38 Å². The van der Waals surface area contributed by atoms with E-state index in [1.807, 2.05) is 32.2 Å². The van der Waals surface area contributed by atoms with Crippen LogP contribution in [0.1, 0.15) is 32.6 Å². The standard InChI is InChI=1S/C12H13FNS2.Pt/c1-12(2,3)10(13)8-7-16-11(14-8)9-5-4-6-15-9;/h4,6-7,10H,1-3H3;/q-1;. The second-order valence-electron chi connectivity index (χ2n) is 4.70. The van der Waals surface area contributed by atoms with Gasteiger partial charge in [0.2, 0.25) is 0 Å². The molecule has 0 N–H and O–H groups in total. The minimum atomic E-state index is -1.02. The minimum Gasteiger partial charge on any atom is -0.301 e. The molecule has 1 nitrogen and oxygen atoms in total. The van der Waals surface area contributed by atoms with Crippen LogP contribution in [0.3, 0.4) is 0 Å². The van der Waals surface area contributed by atoms with Gasteiger partial charge < -0.3 is 4.98 Å². The zero-order valence-corrected chi connectivity index (χ0v) is 13.7. The number of hydrogen-bond donors (Lipinski definition) is 0. The van der Waals surface area contributed by atoms with Crippen molar-refractivity contribution < 1.29 is 25.5 Å². The first-order chi connectivity index (χ1) is 7.48. The molecule has 1 atom stereocenters. The molecule has 0 aliphatic heterocycles. The Balaban J connectivity index is 0.00000144. The van der Waals surface area contributed by atoms with Crippen LogP contribution in [0.15, 0.2) is 16.8 Å². The Labute approximate surface area is 123 Å². The number of rotatable bonds is 2.